The van der Waals surface area contributed by atoms with Crippen LogP contribution in [0.15, 0.2) is 18.2 Å². The normalized spacial score (nSPS) is 22.8. The molecule has 2 heterocycles. The molecule has 2 fully saturated rings. The molecule has 3 aliphatic rings. The number of benzene rings is 1. The van der Waals surface area contributed by atoms with E-state index in [1.54, 1.807) is 6.07 Å². The minimum absolute atomic E-state index is 0.176. The van der Waals surface area contributed by atoms with Gasteiger partial charge < -0.3 is 10.0 Å². The van der Waals surface area contributed by atoms with Gasteiger partial charge in [0.15, 0.2) is 0 Å². The number of amides is 1. The van der Waals surface area contributed by atoms with Gasteiger partial charge in [-0.25, -0.2) is 8.42 Å². The van der Waals surface area contributed by atoms with Gasteiger partial charge in [0.2, 0.25) is 15.9 Å². The molecule has 7 nitrogen and oxygen atoms in total. The lowest BCUT2D eigenvalue weighted by molar-refractivity contribution is -0.140. The summed E-state index contributed by atoms with van der Waals surface area (Å²) < 4.78 is 25.5. The first-order chi connectivity index (χ1) is 14.3. The number of piperazine rings is 1. The smallest absolute Gasteiger partial charge is 0.237 e. The summed E-state index contributed by atoms with van der Waals surface area (Å²) in [5.74, 6) is 0.176. The Labute approximate surface area is 179 Å². The summed E-state index contributed by atoms with van der Waals surface area (Å²) >= 11 is 0. The molecular weight excluding hydrogens is 402 g/mol. The highest BCUT2D eigenvalue weighted by Gasteiger charge is 2.31. The van der Waals surface area contributed by atoms with E-state index >= 15 is 0 Å². The van der Waals surface area contributed by atoms with Crippen LogP contribution in [-0.4, -0.2) is 74.3 Å². The molecule has 1 saturated carbocycles. The van der Waals surface area contributed by atoms with E-state index in [-0.39, 0.29) is 5.91 Å². The number of aryl methyl sites for hydroxylation is 1. The van der Waals surface area contributed by atoms with Crippen LogP contribution in [-0.2, 0) is 21.2 Å². The second kappa shape index (κ2) is 8.85. The number of aliphatic hydroxyl groups excluding tert-OH is 1. The summed E-state index contributed by atoms with van der Waals surface area (Å²) in [5.41, 5.74) is 2.46. The molecule has 1 atom stereocenters. The molecule has 30 heavy (non-hydrogen) atoms. The second-order valence-corrected chi connectivity index (χ2v) is 10.9. The Kier molecular flexibility index (Phi) is 6.36. The molecule has 1 N–H and O–H groups in total. The standard InChI is InChI=1S/C22H33N3O4S/c1-30(28,29)25-11-5-6-17-14-18(9-10-20(17)25)21(26)15-23-12-13-24(22(27)16-23)19-7-3-2-4-8-19/h9-10,14,19,21,26H,2-8,11-13,15-16H2,1H3/t21-/m1/s1. The predicted octanol–water partition coefficient (Wildman–Crippen LogP) is 1.91. The number of fused-ring (bicyclic) bond motifs is 1. The third-order valence-corrected chi connectivity index (χ3v) is 7.93. The summed E-state index contributed by atoms with van der Waals surface area (Å²) in [7, 11) is -3.30. The van der Waals surface area contributed by atoms with Crippen LogP contribution in [0.5, 0.6) is 0 Å². The topological polar surface area (TPSA) is 81.2 Å². The highest BCUT2D eigenvalue weighted by molar-refractivity contribution is 7.92. The van der Waals surface area contributed by atoms with Gasteiger partial charge in [-0.1, -0.05) is 31.4 Å². The van der Waals surface area contributed by atoms with Crippen molar-refractivity contribution < 1.29 is 18.3 Å². The van der Waals surface area contributed by atoms with Gasteiger partial charge in [0.25, 0.3) is 0 Å². The molecule has 4 rings (SSSR count). The number of nitrogens with zero attached hydrogens (tertiary/aromatic N) is 3. The van der Waals surface area contributed by atoms with Crippen molar-refractivity contribution in [1.29, 1.82) is 0 Å². The van der Waals surface area contributed by atoms with Crippen LogP contribution in [0.3, 0.4) is 0 Å². The molecule has 2 aliphatic heterocycles. The molecule has 1 saturated heterocycles. The van der Waals surface area contributed by atoms with Gasteiger partial charge in [0.1, 0.15) is 0 Å². The molecule has 0 unspecified atom stereocenters. The Morgan fingerprint density at radius 3 is 2.57 bits per heavy atom. The Balaban J connectivity index is 1.39. The summed E-state index contributed by atoms with van der Waals surface area (Å²) in [6, 6.07) is 5.95. The van der Waals surface area contributed by atoms with Crippen molar-refractivity contribution in [2.75, 3.05) is 43.3 Å². The Hall–Kier alpha value is -1.64. The van der Waals surface area contributed by atoms with Gasteiger partial charge in [-0.3, -0.25) is 14.0 Å². The summed E-state index contributed by atoms with van der Waals surface area (Å²) in [5, 5.41) is 10.8. The van der Waals surface area contributed by atoms with Crippen molar-refractivity contribution in [3.8, 4) is 0 Å². The number of β-amino-alcohol motifs (C(OH)–C–C–N with tert-alkyl or cyclic N) is 1. The average Bonchev–Trinajstić information content (AvgIpc) is 2.73. The second-order valence-electron chi connectivity index (χ2n) is 8.96. The van der Waals surface area contributed by atoms with Crippen LogP contribution in [0.1, 0.15) is 55.8 Å². The molecule has 0 bridgehead atoms. The van der Waals surface area contributed by atoms with E-state index in [4.69, 9.17) is 0 Å². The summed E-state index contributed by atoms with van der Waals surface area (Å²) in [6.07, 6.45) is 8.06. The maximum Gasteiger partial charge on any atom is 0.237 e. The Morgan fingerprint density at radius 2 is 1.87 bits per heavy atom. The van der Waals surface area contributed by atoms with Crippen molar-refractivity contribution in [2.45, 2.75) is 57.1 Å². The zero-order valence-corrected chi connectivity index (χ0v) is 18.6. The van der Waals surface area contributed by atoms with E-state index in [1.807, 2.05) is 17.0 Å². The molecule has 0 spiro atoms. The van der Waals surface area contributed by atoms with E-state index in [9.17, 15) is 18.3 Å². The number of hydrogen-bond donors (Lipinski definition) is 1. The lowest BCUT2D eigenvalue weighted by atomic mass is 9.93. The van der Waals surface area contributed by atoms with Gasteiger partial charge in [-0.05, 0) is 42.9 Å². The van der Waals surface area contributed by atoms with Gasteiger partial charge in [-0.15, -0.1) is 0 Å². The highest BCUT2D eigenvalue weighted by Crippen LogP contribution is 2.32. The van der Waals surface area contributed by atoms with E-state index < -0.39 is 16.1 Å². The number of rotatable bonds is 5. The van der Waals surface area contributed by atoms with Crippen LogP contribution in [0.4, 0.5) is 5.69 Å². The molecule has 1 amide bonds. The summed E-state index contributed by atoms with van der Waals surface area (Å²) in [4.78, 5) is 16.8. The van der Waals surface area contributed by atoms with E-state index in [2.05, 4.69) is 4.90 Å². The molecule has 0 aromatic heterocycles. The first kappa shape index (κ1) is 21.6. The SMILES string of the molecule is CS(=O)(=O)N1CCCc2cc([C@H](O)CN3CCN(C4CCCCC4)C(=O)C3)ccc21. The fourth-order valence-corrected chi connectivity index (χ4v) is 6.15. The van der Waals surface area contributed by atoms with Crippen LogP contribution >= 0.6 is 0 Å². The van der Waals surface area contributed by atoms with Gasteiger partial charge >= 0.3 is 0 Å². The third-order valence-electron chi connectivity index (χ3n) is 6.75. The van der Waals surface area contributed by atoms with Crippen molar-refractivity contribution >= 4 is 21.6 Å². The Morgan fingerprint density at radius 1 is 1.10 bits per heavy atom. The molecule has 166 valence electrons. The average molecular weight is 436 g/mol. The van der Waals surface area contributed by atoms with E-state index in [0.717, 1.165) is 55.6 Å². The number of carbonyl (C=O) groups is 1. The number of anilines is 1. The lowest BCUT2D eigenvalue weighted by Crippen LogP contribution is -2.54. The monoisotopic (exact) mass is 435 g/mol. The fourth-order valence-electron chi connectivity index (χ4n) is 5.15. The minimum atomic E-state index is -3.30. The van der Waals surface area contributed by atoms with Crippen LogP contribution in [0.25, 0.3) is 0 Å². The molecule has 1 aromatic carbocycles. The highest BCUT2D eigenvalue weighted by atomic mass is 32.2. The zero-order chi connectivity index (χ0) is 21.3. The minimum Gasteiger partial charge on any atom is -0.387 e. The van der Waals surface area contributed by atoms with Gasteiger partial charge in [-0.2, -0.15) is 0 Å². The van der Waals surface area contributed by atoms with Crippen molar-refractivity contribution in [2.24, 2.45) is 0 Å². The molecular formula is C22H33N3O4S. The van der Waals surface area contributed by atoms with Crippen LogP contribution in [0, 0.1) is 0 Å². The van der Waals surface area contributed by atoms with Crippen molar-refractivity contribution in [1.82, 2.24) is 9.80 Å². The van der Waals surface area contributed by atoms with Gasteiger partial charge in [0.05, 0.1) is 24.6 Å². The summed E-state index contributed by atoms with van der Waals surface area (Å²) in [6.45, 7) is 2.80. The lowest BCUT2D eigenvalue weighted by Gasteiger charge is -2.41. The Bertz CT molecular complexity index is 882. The number of hydrogen-bond acceptors (Lipinski definition) is 5. The van der Waals surface area contributed by atoms with E-state index in [1.165, 1.54) is 29.8 Å². The molecule has 8 heteroatoms. The number of carbonyl (C=O) groups excluding carboxylic acids is 1. The first-order valence-corrected chi connectivity index (χ1v) is 13.0. The van der Waals surface area contributed by atoms with Crippen molar-refractivity contribution in [3.05, 3.63) is 29.3 Å². The quantitative estimate of drug-likeness (QED) is 0.764. The maximum atomic E-state index is 12.7. The first-order valence-electron chi connectivity index (χ1n) is 11.1. The largest absolute Gasteiger partial charge is 0.387 e. The van der Waals surface area contributed by atoms with Gasteiger partial charge in [0, 0.05) is 32.2 Å². The number of sulfonamides is 1. The zero-order valence-electron chi connectivity index (χ0n) is 17.8. The van der Waals surface area contributed by atoms with Crippen LogP contribution < -0.4 is 4.31 Å². The fraction of sp³-hybridized carbons (Fsp3) is 0.682. The van der Waals surface area contributed by atoms with E-state index in [0.29, 0.717) is 25.7 Å². The van der Waals surface area contributed by atoms with Crippen LogP contribution in [0.2, 0.25) is 0 Å². The maximum absolute atomic E-state index is 12.7. The molecule has 0 radical (unpaired) electrons. The predicted molar refractivity (Wildman–Crippen MR) is 117 cm³/mol. The molecule has 1 aromatic rings. The molecule has 1 aliphatic carbocycles. The van der Waals surface area contributed by atoms with Crippen molar-refractivity contribution in [3.63, 3.8) is 0 Å². The third kappa shape index (κ3) is 4.65. The number of aliphatic hydroxyl groups is 1.